The molecule has 2 amide bonds. The minimum atomic E-state index is -5.35. The monoisotopic (exact) mass is 535 g/mol. The number of aliphatic hydroxyl groups is 1. The van der Waals surface area contributed by atoms with Crippen molar-refractivity contribution in [2.45, 2.75) is 28.5 Å². The lowest BCUT2D eigenvalue weighted by Crippen LogP contribution is -2.52. The third-order valence-electron chi connectivity index (χ3n) is 5.06. The van der Waals surface area contributed by atoms with Crippen molar-refractivity contribution in [3.8, 4) is 0 Å². The van der Waals surface area contributed by atoms with Crippen molar-refractivity contribution >= 4 is 33.0 Å². The number of methoxy groups -OCH3 is 1. The molecule has 2 aromatic carbocycles. The molecular formula is C22H25F4N3O6S. The lowest BCUT2D eigenvalue weighted by molar-refractivity contribution is -0.242. The summed E-state index contributed by atoms with van der Waals surface area (Å²) in [6, 6.07) is 6.51. The SMILES string of the molecule is COCCNc1c(S(=O)(=O)c2ccc(C(=O)N(C)C)cc2)ccc(NC(=O)[C@@](C)(O)C(F)(F)F)c1F. The number of sulfone groups is 1. The van der Waals surface area contributed by atoms with E-state index in [1.165, 1.54) is 38.2 Å². The lowest BCUT2D eigenvalue weighted by atomic mass is 10.1. The zero-order chi connectivity index (χ0) is 27.5. The van der Waals surface area contributed by atoms with Crippen molar-refractivity contribution in [2.24, 2.45) is 0 Å². The average Bonchev–Trinajstić information content (AvgIpc) is 2.80. The first-order chi connectivity index (χ1) is 16.6. The number of amides is 2. The van der Waals surface area contributed by atoms with E-state index < -0.39 is 49.6 Å². The van der Waals surface area contributed by atoms with Gasteiger partial charge < -0.3 is 25.4 Å². The predicted octanol–water partition coefficient (Wildman–Crippen LogP) is 2.67. The number of halogens is 4. The van der Waals surface area contributed by atoms with Crippen LogP contribution in [0.15, 0.2) is 46.2 Å². The van der Waals surface area contributed by atoms with Gasteiger partial charge in [0, 0.05) is 33.3 Å². The number of carbonyl (C=O) groups is 2. The molecule has 36 heavy (non-hydrogen) atoms. The van der Waals surface area contributed by atoms with Crippen molar-refractivity contribution in [1.82, 2.24) is 4.90 Å². The largest absolute Gasteiger partial charge is 0.426 e. The van der Waals surface area contributed by atoms with Crippen LogP contribution in [0.2, 0.25) is 0 Å². The molecule has 0 bridgehead atoms. The number of anilines is 2. The van der Waals surface area contributed by atoms with E-state index in [0.29, 0.717) is 0 Å². The molecule has 2 aromatic rings. The summed E-state index contributed by atoms with van der Waals surface area (Å²) < 4.78 is 85.6. The maximum Gasteiger partial charge on any atom is 0.426 e. The summed E-state index contributed by atoms with van der Waals surface area (Å²) in [5.74, 6) is -3.71. The van der Waals surface area contributed by atoms with Gasteiger partial charge in [-0.3, -0.25) is 9.59 Å². The van der Waals surface area contributed by atoms with Crippen molar-refractivity contribution in [2.75, 3.05) is 45.0 Å². The fraction of sp³-hybridized carbons (Fsp3) is 0.364. The highest BCUT2D eigenvalue weighted by atomic mass is 32.2. The van der Waals surface area contributed by atoms with Crippen molar-refractivity contribution in [3.63, 3.8) is 0 Å². The van der Waals surface area contributed by atoms with E-state index in [9.17, 15) is 36.3 Å². The first-order valence-corrected chi connectivity index (χ1v) is 11.8. The van der Waals surface area contributed by atoms with Gasteiger partial charge in [0.2, 0.25) is 15.4 Å². The van der Waals surface area contributed by atoms with Crippen LogP contribution in [-0.4, -0.2) is 76.4 Å². The minimum Gasteiger partial charge on any atom is -0.383 e. The second-order valence-corrected chi connectivity index (χ2v) is 9.89. The van der Waals surface area contributed by atoms with E-state index in [1.54, 1.807) is 5.32 Å². The molecule has 2 rings (SSSR count). The second-order valence-electron chi connectivity index (χ2n) is 7.97. The molecule has 9 nitrogen and oxygen atoms in total. The number of hydrogen-bond donors (Lipinski definition) is 3. The molecule has 0 aliphatic carbocycles. The Labute approximate surface area is 205 Å². The molecular weight excluding hydrogens is 510 g/mol. The normalized spacial score (nSPS) is 13.6. The zero-order valence-corrected chi connectivity index (χ0v) is 20.6. The number of benzene rings is 2. The highest BCUT2D eigenvalue weighted by molar-refractivity contribution is 7.91. The maximum atomic E-state index is 15.3. The lowest BCUT2D eigenvalue weighted by Gasteiger charge is -2.25. The smallest absolute Gasteiger partial charge is 0.383 e. The Morgan fingerprint density at radius 3 is 2.17 bits per heavy atom. The molecule has 1 atom stereocenters. The third kappa shape index (κ3) is 5.94. The van der Waals surface area contributed by atoms with Crippen LogP contribution >= 0.6 is 0 Å². The Morgan fingerprint density at radius 1 is 1.08 bits per heavy atom. The molecule has 0 heterocycles. The molecule has 0 radical (unpaired) electrons. The Morgan fingerprint density at radius 2 is 1.67 bits per heavy atom. The van der Waals surface area contributed by atoms with Gasteiger partial charge in [0.25, 0.3) is 11.8 Å². The summed E-state index contributed by atoms with van der Waals surface area (Å²) in [7, 11) is -0.0317. The van der Waals surface area contributed by atoms with Gasteiger partial charge in [0.05, 0.1) is 27.8 Å². The number of nitrogens with zero attached hydrogens (tertiary/aromatic N) is 1. The van der Waals surface area contributed by atoms with Crippen LogP contribution in [0.3, 0.4) is 0 Å². The van der Waals surface area contributed by atoms with Gasteiger partial charge >= 0.3 is 6.18 Å². The van der Waals surface area contributed by atoms with Gasteiger partial charge in [-0.15, -0.1) is 0 Å². The van der Waals surface area contributed by atoms with Crippen LogP contribution < -0.4 is 10.6 Å². The van der Waals surface area contributed by atoms with Gasteiger partial charge in [-0.25, -0.2) is 12.8 Å². The van der Waals surface area contributed by atoms with E-state index in [4.69, 9.17) is 4.74 Å². The molecule has 0 aliphatic heterocycles. The Kier molecular flexibility index (Phi) is 8.70. The maximum absolute atomic E-state index is 15.3. The summed E-state index contributed by atoms with van der Waals surface area (Å²) in [5, 5.41) is 13.7. The molecule has 0 aliphatic rings. The molecule has 14 heteroatoms. The van der Waals surface area contributed by atoms with Crippen LogP contribution in [0, 0.1) is 5.82 Å². The number of alkyl halides is 3. The van der Waals surface area contributed by atoms with Gasteiger partial charge in [-0.1, -0.05) is 0 Å². The summed E-state index contributed by atoms with van der Waals surface area (Å²) in [6.45, 7) is 0.116. The topological polar surface area (TPSA) is 125 Å². The second kappa shape index (κ2) is 10.8. The standard InChI is InChI=1S/C22H25F4N3O6S/c1-21(32,22(24,25)26)20(31)28-15-9-10-16(18(17(15)23)27-11-12-35-4)36(33,34)14-7-5-13(6-8-14)19(30)29(2)3/h5-10,27,32H,11-12H2,1-4H3,(H,28,31)/t21-/m1/s1. The third-order valence-corrected chi connectivity index (χ3v) is 6.87. The summed E-state index contributed by atoms with van der Waals surface area (Å²) in [6.07, 6.45) is -5.35. The van der Waals surface area contributed by atoms with E-state index in [0.717, 1.165) is 24.3 Å². The molecule has 0 fully saturated rings. The van der Waals surface area contributed by atoms with Crippen molar-refractivity contribution < 1.29 is 45.4 Å². The van der Waals surface area contributed by atoms with Crippen LogP contribution in [0.4, 0.5) is 28.9 Å². The molecule has 198 valence electrons. The Balaban J connectivity index is 2.54. The van der Waals surface area contributed by atoms with Gasteiger partial charge in [0.15, 0.2) is 5.82 Å². The number of carbonyl (C=O) groups excluding carboxylic acids is 2. The van der Waals surface area contributed by atoms with Crippen molar-refractivity contribution in [3.05, 3.63) is 47.8 Å². The molecule has 0 spiro atoms. The molecule has 3 N–H and O–H groups in total. The van der Waals surface area contributed by atoms with Gasteiger partial charge in [0.1, 0.15) is 0 Å². The fourth-order valence-electron chi connectivity index (χ4n) is 2.86. The van der Waals surface area contributed by atoms with Crippen LogP contribution in [-0.2, 0) is 19.4 Å². The average molecular weight is 536 g/mol. The van der Waals surface area contributed by atoms with Gasteiger partial charge in [-0.2, -0.15) is 13.2 Å². The number of hydrogen-bond acceptors (Lipinski definition) is 7. The Bertz CT molecular complexity index is 1230. The van der Waals surface area contributed by atoms with Crippen LogP contribution in [0.1, 0.15) is 17.3 Å². The number of nitrogens with one attached hydrogen (secondary N) is 2. The first kappa shape index (κ1) is 29.0. The quantitative estimate of drug-likeness (QED) is 0.333. The van der Waals surface area contributed by atoms with E-state index in [2.05, 4.69) is 5.32 Å². The minimum absolute atomic E-state index is 0.0135. The summed E-state index contributed by atoms with van der Waals surface area (Å²) in [5.41, 5.74) is -5.06. The van der Waals surface area contributed by atoms with Crippen LogP contribution in [0.5, 0.6) is 0 Å². The molecule has 0 aromatic heterocycles. The van der Waals surface area contributed by atoms with Crippen LogP contribution in [0.25, 0.3) is 0 Å². The fourth-order valence-corrected chi connectivity index (χ4v) is 4.28. The molecule has 0 saturated carbocycles. The van der Waals surface area contributed by atoms with E-state index in [-0.39, 0.29) is 36.4 Å². The number of rotatable bonds is 9. The summed E-state index contributed by atoms with van der Waals surface area (Å²) in [4.78, 5) is 24.5. The highest BCUT2D eigenvalue weighted by Gasteiger charge is 2.56. The number of ether oxygens (including phenoxy) is 1. The van der Waals surface area contributed by atoms with Gasteiger partial charge in [-0.05, 0) is 43.3 Å². The molecule has 0 saturated heterocycles. The van der Waals surface area contributed by atoms with E-state index in [1.807, 2.05) is 0 Å². The van der Waals surface area contributed by atoms with E-state index >= 15 is 4.39 Å². The summed E-state index contributed by atoms with van der Waals surface area (Å²) >= 11 is 0. The first-order valence-electron chi connectivity index (χ1n) is 10.3. The zero-order valence-electron chi connectivity index (χ0n) is 19.7. The van der Waals surface area contributed by atoms with Crippen molar-refractivity contribution in [1.29, 1.82) is 0 Å². The predicted molar refractivity (Wildman–Crippen MR) is 122 cm³/mol. The highest BCUT2D eigenvalue weighted by Crippen LogP contribution is 2.36. The Hall–Kier alpha value is -3.23. The molecule has 0 unspecified atom stereocenters.